The largest absolute Gasteiger partial charge is 0.382 e. The molecule has 2 atom stereocenters. The molecule has 86 valence electrons. The fraction of sp³-hybridized carbons (Fsp3) is 0.417. The van der Waals surface area contributed by atoms with Crippen molar-refractivity contribution < 1.29 is 14.6 Å². The van der Waals surface area contributed by atoms with Crippen molar-refractivity contribution in [3.63, 3.8) is 0 Å². The molecule has 1 heterocycles. The molecule has 1 aliphatic carbocycles. The lowest BCUT2D eigenvalue weighted by molar-refractivity contribution is -0.120. The zero-order valence-electron chi connectivity index (χ0n) is 9.05. The molecule has 1 aromatic heterocycles. The van der Waals surface area contributed by atoms with Gasteiger partial charge in [0.1, 0.15) is 5.60 Å². The molecule has 1 N–H and O–H groups in total. The standard InChI is InChI=1S/C12H14O3S/c1-2-15-8-12(14)6-5-9(13)11(12)10-4-3-7-16-10/h3-7,11,14H,2,8H2,1H3/t11-,12-/m0/s1. The van der Waals surface area contributed by atoms with Gasteiger partial charge in [-0.2, -0.15) is 0 Å². The molecule has 1 aliphatic rings. The van der Waals surface area contributed by atoms with E-state index in [1.165, 1.54) is 17.4 Å². The molecule has 0 bridgehead atoms. The number of carbonyl (C=O) groups is 1. The van der Waals surface area contributed by atoms with Crippen LogP contribution in [0.25, 0.3) is 0 Å². The minimum Gasteiger partial charge on any atom is -0.382 e. The lowest BCUT2D eigenvalue weighted by Gasteiger charge is -2.27. The van der Waals surface area contributed by atoms with Crippen LogP contribution in [0.1, 0.15) is 17.7 Å². The molecule has 4 heteroatoms. The molecule has 0 saturated carbocycles. The van der Waals surface area contributed by atoms with Crippen LogP contribution >= 0.6 is 11.3 Å². The van der Waals surface area contributed by atoms with Gasteiger partial charge < -0.3 is 9.84 Å². The van der Waals surface area contributed by atoms with Crippen molar-refractivity contribution in [2.24, 2.45) is 0 Å². The summed E-state index contributed by atoms with van der Waals surface area (Å²) in [5, 5.41) is 12.3. The maximum atomic E-state index is 11.8. The summed E-state index contributed by atoms with van der Waals surface area (Å²) in [4.78, 5) is 12.6. The quantitative estimate of drug-likeness (QED) is 0.869. The van der Waals surface area contributed by atoms with Crippen molar-refractivity contribution >= 4 is 17.1 Å². The Balaban J connectivity index is 2.24. The van der Waals surface area contributed by atoms with E-state index in [9.17, 15) is 9.90 Å². The molecule has 0 unspecified atom stereocenters. The number of aliphatic hydroxyl groups is 1. The van der Waals surface area contributed by atoms with Crippen molar-refractivity contribution in [1.29, 1.82) is 0 Å². The Labute approximate surface area is 98.4 Å². The maximum Gasteiger partial charge on any atom is 0.167 e. The maximum absolute atomic E-state index is 11.8. The Kier molecular flexibility index (Phi) is 3.23. The number of hydrogen-bond donors (Lipinski definition) is 1. The first-order chi connectivity index (χ1) is 7.67. The van der Waals surface area contributed by atoms with Gasteiger partial charge in [0.2, 0.25) is 0 Å². The SMILES string of the molecule is CCOC[C@@]1(O)C=CC(=O)[C@H]1c1cccs1. The fourth-order valence-electron chi connectivity index (χ4n) is 1.90. The number of rotatable bonds is 4. The summed E-state index contributed by atoms with van der Waals surface area (Å²) in [7, 11) is 0. The van der Waals surface area contributed by atoms with Crippen LogP contribution in [0, 0.1) is 0 Å². The van der Waals surface area contributed by atoms with Gasteiger partial charge in [0.05, 0.1) is 12.5 Å². The van der Waals surface area contributed by atoms with Crippen molar-refractivity contribution in [3.05, 3.63) is 34.5 Å². The van der Waals surface area contributed by atoms with E-state index in [0.717, 1.165) is 4.88 Å². The molecule has 1 aromatic rings. The molecule has 0 aliphatic heterocycles. The molecule has 16 heavy (non-hydrogen) atoms. The smallest absolute Gasteiger partial charge is 0.167 e. The number of hydrogen-bond acceptors (Lipinski definition) is 4. The highest BCUT2D eigenvalue weighted by atomic mass is 32.1. The van der Waals surface area contributed by atoms with Gasteiger partial charge in [0.15, 0.2) is 5.78 Å². The second-order valence-corrected chi connectivity index (χ2v) is 4.79. The molecule has 0 amide bonds. The van der Waals surface area contributed by atoms with Crippen LogP contribution in [-0.4, -0.2) is 29.7 Å². The molecule has 2 rings (SSSR count). The highest BCUT2D eigenvalue weighted by Gasteiger charge is 2.44. The van der Waals surface area contributed by atoms with E-state index in [2.05, 4.69) is 0 Å². The third-order valence-electron chi connectivity index (χ3n) is 2.69. The van der Waals surface area contributed by atoms with E-state index in [1.54, 1.807) is 6.08 Å². The Morgan fingerprint density at radius 1 is 1.62 bits per heavy atom. The van der Waals surface area contributed by atoms with Crippen LogP contribution in [-0.2, 0) is 9.53 Å². The second-order valence-electron chi connectivity index (χ2n) is 3.81. The first-order valence-corrected chi connectivity index (χ1v) is 6.12. The first kappa shape index (κ1) is 11.5. The summed E-state index contributed by atoms with van der Waals surface area (Å²) in [6, 6.07) is 3.75. The van der Waals surface area contributed by atoms with Crippen molar-refractivity contribution in [2.45, 2.75) is 18.4 Å². The minimum absolute atomic E-state index is 0.0512. The molecule has 0 radical (unpaired) electrons. The van der Waals surface area contributed by atoms with Crippen LogP contribution in [0.2, 0.25) is 0 Å². The summed E-state index contributed by atoms with van der Waals surface area (Å²) < 4.78 is 5.25. The van der Waals surface area contributed by atoms with Crippen LogP contribution in [0.3, 0.4) is 0 Å². The second kappa shape index (κ2) is 4.49. The van der Waals surface area contributed by atoms with Gasteiger partial charge in [-0.25, -0.2) is 0 Å². The van der Waals surface area contributed by atoms with E-state index in [4.69, 9.17) is 4.74 Å². The molecule has 3 nitrogen and oxygen atoms in total. The minimum atomic E-state index is -1.18. The Morgan fingerprint density at radius 3 is 3.06 bits per heavy atom. The van der Waals surface area contributed by atoms with Gasteiger partial charge in [-0.3, -0.25) is 4.79 Å². The zero-order chi connectivity index (χ0) is 11.6. The van der Waals surface area contributed by atoms with Gasteiger partial charge in [-0.15, -0.1) is 11.3 Å². The van der Waals surface area contributed by atoms with Crippen molar-refractivity contribution in [2.75, 3.05) is 13.2 Å². The summed E-state index contributed by atoms with van der Waals surface area (Å²) in [5.74, 6) is -0.552. The topological polar surface area (TPSA) is 46.5 Å². The van der Waals surface area contributed by atoms with Crippen LogP contribution in [0.5, 0.6) is 0 Å². The van der Waals surface area contributed by atoms with E-state index >= 15 is 0 Å². The normalized spacial score (nSPS) is 28.9. The Hall–Kier alpha value is -0.970. The van der Waals surface area contributed by atoms with Gasteiger partial charge in [0, 0.05) is 11.5 Å². The van der Waals surface area contributed by atoms with Crippen molar-refractivity contribution in [1.82, 2.24) is 0 Å². The Bertz CT molecular complexity index is 396. The summed E-state index contributed by atoms with van der Waals surface area (Å²) in [5.41, 5.74) is -1.18. The average Bonchev–Trinajstić information content (AvgIpc) is 2.85. The predicted octanol–water partition coefficient (Wildman–Crippen LogP) is 1.74. The number of ether oxygens (including phenoxy) is 1. The molecular formula is C12H14O3S. The number of allylic oxidation sites excluding steroid dienone is 1. The van der Waals surface area contributed by atoms with Crippen LogP contribution in [0.4, 0.5) is 0 Å². The van der Waals surface area contributed by atoms with Crippen LogP contribution in [0.15, 0.2) is 29.7 Å². The van der Waals surface area contributed by atoms with Crippen LogP contribution < -0.4 is 0 Å². The molecule has 0 spiro atoms. The number of ketones is 1. The summed E-state index contributed by atoms with van der Waals surface area (Å²) >= 11 is 1.48. The molecule has 0 saturated heterocycles. The average molecular weight is 238 g/mol. The molecular weight excluding hydrogens is 224 g/mol. The van der Waals surface area contributed by atoms with E-state index < -0.39 is 11.5 Å². The zero-order valence-corrected chi connectivity index (χ0v) is 9.87. The first-order valence-electron chi connectivity index (χ1n) is 5.24. The highest BCUT2D eigenvalue weighted by molar-refractivity contribution is 7.10. The fourth-order valence-corrected chi connectivity index (χ4v) is 2.83. The van der Waals surface area contributed by atoms with E-state index in [0.29, 0.717) is 6.61 Å². The Morgan fingerprint density at radius 2 is 2.44 bits per heavy atom. The highest BCUT2D eigenvalue weighted by Crippen LogP contribution is 2.38. The van der Waals surface area contributed by atoms with Gasteiger partial charge in [-0.05, 0) is 30.5 Å². The lowest BCUT2D eigenvalue weighted by atomic mass is 9.89. The van der Waals surface area contributed by atoms with Gasteiger partial charge in [0.25, 0.3) is 0 Å². The van der Waals surface area contributed by atoms with Gasteiger partial charge in [-0.1, -0.05) is 6.07 Å². The third kappa shape index (κ3) is 1.96. The third-order valence-corrected chi connectivity index (χ3v) is 3.62. The lowest BCUT2D eigenvalue weighted by Crippen LogP contribution is -2.38. The summed E-state index contributed by atoms with van der Waals surface area (Å²) in [6.07, 6.45) is 3.00. The monoisotopic (exact) mass is 238 g/mol. The predicted molar refractivity (Wildman–Crippen MR) is 62.6 cm³/mol. The molecule has 0 fully saturated rings. The number of thiophene rings is 1. The van der Waals surface area contributed by atoms with Gasteiger partial charge >= 0.3 is 0 Å². The van der Waals surface area contributed by atoms with E-state index in [-0.39, 0.29) is 12.4 Å². The number of carbonyl (C=O) groups excluding carboxylic acids is 1. The van der Waals surface area contributed by atoms with E-state index in [1.807, 2.05) is 24.4 Å². The molecule has 0 aromatic carbocycles. The summed E-state index contributed by atoms with van der Waals surface area (Å²) in [6.45, 7) is 2.56. The van der Waals surface area contributed by atoms with Crippen molar-refractivity contribution in [3.8, 4) is 0 Å².